The molecule has 5 aliphatic rings. The number of likely N-dealkylation sites (N-methyl/N-ethyl adjacent to an activating group) is 1. The molecule has 1 saturated carbocycles. The maximum atomic E-state index is 13.6. The number of esters is 1. The summed E-state index contributed by atoms with van der Waals surface area (Å²) in [4.78, 5) is 41.4. The van der Waals surface area contributed by atoms with Crippen LogP contribution in [0.1, 0.15) is 27.9 Å². The van der Waals surface area contributed by atoms with Crippen molar-refractivity contribution in [1.82, 2.24) is 30.7 Å². The van der Waals surface area contributed by atoms with E-state index in [0.717, 1.165) is 4.90 Å². The zero-order chi connectivity index (χ0) is 31.4. The minimum atomic E-state index is -5.19. The molecule has 13 nitrogen and oxygen atoms in total. The number of ether oxygens (including phenoxy) is 1. The van der Waals surface area contributed by atoms with Gasteiger partial charge in [-0.05, 0) is 24.6 Å². The second-order valence-corrected chi connectivity index (χ2v) is 11.2. The van der Waals surface area contributed by atoms with Gasteiger partial charge in [0.25, 0.3) is 0 Å². The van der Waals surface area contributed by atoms with E-state index in [9.17, 15) is 45.8 Å². The summed E-state index contributed by atoms with van der Waals surface area (Å²) in [5.74, 6) is -3.67. The van der Waals surface area contributed by atoms with Crippen LogP contribution in [-0.4, -0.2) is 106 Å². The van der Waals surface area contributed by atoms with E-state index in [0.29, 0.717) is 0 Å². The lowest BCUT2D eigenvalue weighted by atomic mass is 9.81. The highest BCUT2D eigenvalue weighted by Gasteiger charge is 2.78. The molecule has 4 aliphatic heterocycles. The lowest BCUT2D eigenvalue weighted by molar-refractivity contribution is -0.142. The van der Waals surface area contributed by atoms with E-state index in [1.54, 1.807) is 0 Å². The van der Waals surface area contributed by atoms with Gasteiger partial charge in [0.2, 0.25) is 5.91 Å². The van der Waals surface area contributed by atoms with Crippen LogP contribution in [0.15, 0.2) is 18.2 Å². The lowest BCUT2D eigenvalue weighted by Gasteiger charge is -2.56. The molecule has 43 heavy (non-hydrogen) atoms. The molecular formula is C24H24F6N8O5. The molecule has 0 radical (unpaired) electrons. The molecule has 0 bridgehead atoms. The van der Waals surface area contributed by atoms with Crippen LogP contribution in [0.3, 0.4) is 0 Å². The Kier molecular flexibility index (Phi) is 5.94. The third kappa shape index (κ3) is 4.22. The largest absolute Gasteiger partial charge is 0.454 e. The standard InChI is InChI=1S/C24H24F6N8O5/c1-36-8-15(39)37(20(36)41)6-12-16-22(35-18(31)34-16)13-5-21(13,42)14(7-38(22)19(32)33-12)43-17(40)10-4-9(23(25,26)27)2-3-11(10)24(28,29)30/h2-4,12-14,16,42H,5-8H2,1H3,(H2,32,33)(H3,31,34,35)/t12-,13+,14-,16?,21+,22?/m0/s1. The van der Waals surface area contributed by atoms with Crippen LogP contribution < -0.4 is 16.0 Å². The Morgan fingerprint density at radius 3 is 2.44 bits per heavy atom. The first kappa shape index (κ1) is 28.8. The Morgan fingerprint density at radius 1 is 1.14 bits per heavy atom. The Bertz CT molecular complexity index is 1470. The van der Waals surface area contributed by atoms with Crippen molar-refractivity contribution in [2.24, 2.45) is 5.92 Å². The van der Waals surface area contributed by atoms with Crippen LogP contribution in [0.4, 0.5) is 31.1 Å². The summed E-state index contributed by atoms with van der Waals surface area (Å²) in [6.07, 6.45) is -11.9. The third-order valence-corrected chi connectivity index (χ3v) is 8.68. The SMILES string of the molecule is CN1CC(=O)N(C[C@@H]2NC(=N)N3C[C@H](OC(=O)c4cc(C(F)(F)F)ccc4C(F)(F)F)[C@@]4(O)C[C@H]4C34NC(=N)NC24)C1=O. The number of carbonyl (C=O) groups is 3. The molecule has 4 saturated heterocycles. The molecule has 2 unspecified atom stereocenters. The van der Waals surface area contributed by atoms with Gasteiger partial charge in [0.05, 0.1) is 41.9 Å². The predicted molar refractivity (Wildman–Crippen MR) is 130 cm³/mol. The van der Waals surface area contributed by atoms with E-state index in [2.05, 4.69) is 16.0 Å². The average Bonchev–Trinajstić information content (AvgIpc) is 3.42. The molecule has 1 aliphatic carbocycles. The summed E-state index contributed by atoms with van der Waals surface area (Å²) in [6, 6.07) is -1.87. The van der Waals surface area contributed by atoms with E-state index in [-0.39, 0.29) is 49.6 Å². The molecule has 5 fully saturated rings. The second-order valence-electron chi connectivity index (χ2n) is 11.2. The first-order valence-electron chi connectivity index (χ1n) is 12.9. The van der Waals surface area contributed by atoms with Crippen molar-refractivity contribution >= 4 is 29.8 Å². The predicted octanol–water partition coefficient (Wildman–Crippen LogP) is 0.309. The average molecular weight is 618 g/mol. The number of urea groups is 1. The minimum absolute atomic E-state index is 0.0389. The number of carbonyl (C=O) groups excluding carboxylic acids is 3. The summed E-state index contributed by atoms with van der Waals surface area (Å²) in [5, 5.41) is 37.1. The number of guanidine groups is 2. The van der Waals surface area contributed by atoms with Crippen molar-refractivity contribution in [3.05, 3.63) is 34.9 Å². The highest BCUT2D eigenvalue weighted by Crippen LogP contribution is 2.60. The number of hydrogen-bond donors (Lipinski definition) is 6. The molecule has 4 heterocycles. The minimum Gasteiger partial charge on any atom is -0.454 e. The number of imide groups is 1. The first-order valence-corrected chi connectivity index (χ1v) is 12.9. The first-order chi connectivity index (χ1) is 19.9. The maximum absolute atomic E-state index is 13.6. The summed E-state index contributed by atoms with van der Waals surface area (Å²) in [6.45, 7) is -0.837. The molecule has 232 valence electrons. The Balaban J connectivity index is 1.29. The van der Waals surface area contributed by atoms with Crippen LogP contribution in [0.25, 0.3) is 0 Å². The molecule has 3 amide bonds. The molecule has 1 aromatic carbocycles. The van der Waals surface area contributed by atoms with Gasteiger partial charge >= 0.3 is 24.4 Å². The highest BCUT2D eigenvalue weighted by atomic mass is 19.4. The van der Waals surface area contributed by atoms with Crippen molar-refractivity contribution in [3.8, 4) is 0 Å². The molecule has 6 rings (SSSR count). The smallest absolute Gasteiger partial charge is 0.417 e. The Hall–Kier alpha value is -4.29. The number of nitrogens with zero attached hydrogens (tertiary/aromatic N) is 3. The van der Waals surface area contributed by atoms with E-state index >= 15 is 0 Å². The van der Waals surface area contributed by atoms with Gasteiger partial charge in [0, 0.05) is 13.0 Å². The lowest BCUT2D eigenvalue weighted by Crippen LogP contribution is -2.81. The number of rotatable bonds is 4. The maximum Gasteiger partial charge on any atom is 0.417 e. The van der Waals surface area contributed by atoms with E-state index in [1.807, 2.05) is 0 Å². The van der Waals surface area contributed by atoms with Gasteiger partial charge in [0.1, 0.15) is 23.9 Å². The topological polar surface area (TPSA) is 174 Å². The van der Waals surface area contributed by atoms with E-state index < -0.39 is 88.9 Å². The fourth-order valence-electron chi connectivity index (χ4n) is 6.63. The molecule has 1 spiro atoms. The van der Waals surface area contributed by atoms with Gasteiger partial charge in [-0.1, -0.05) is 0 Å². The van der Waals surface area contributed by atoms with Crippen LogP contribution in [0.2, 0.25) is 0 Å². The van der Waals surface area contributed by atoms with Gasteiger partial charge in [0.15, 0.2) is 11.9 Å². The number of alkyl halides is 6. The Labute approximate surface area is 238 Å². The van der Waals surface area contributed by atoms with Gasteiger partial charge in [-0.15, -0.1) is 0 Å². The quantitative estimate of drug-likeness (QED) is 0.158. The molecule has 6 atom stereocenters. The number of benzene rings is 1. The van der Waals surface area contributed by atoms with Gasteiger partial charge in [-0.2, -0.15) is 26.3 Å². The molecule has 19 heteroatoms. The zero-order valence-electron chi connectivity index (χ0n) is 22.1. The number of hydrogen-bond acceptors (Lipinski definition) is 7. The third-order valence-electron chi connectivity index (χ3n) is 8.68. The summed E-state index contributed by atoms with van der Waals surface area (Å²) >= 11 is 0. The number of aliphatic hydroxyl groups is 1. The van der Waals surface area contributed by atoms with Gasteiger partial charge < -0.3 is 35.6 Å². The van der Waals surface area contributed by atoms with Gasteiger partial charge in [-0.3, -0.25) is 20.5 Å². The van der Waals surface area contributed by atoms with Crippen molar-refractivity contribution in [2.75, 3.05) is 26.7 Å². The summed E-state index contributed by atoms with van der Waals surface area (Å²) < 4.78 is 85.9. The monoisotopic (exact) mass is 618 g/mol. The normalized spacial score (nSPS) is 33.3. The summed E-state index contributed by atoms with van der Waals surface area (Å²) in [5.41, 5.74) is -7.84. The number of piperidine rings is 1. The molecule has 6 N–H and O–H groups in total. The van der Waals surface area contributed by atoms with Crippen molar-refractivity contribution in [3.63, 3.8) is 0 Å². The van der Waals surface area contributed by atoms with E-state index in [1.165, 1.54) is 16.8 Å². The van der Waals surface area contributed by atoms with Crippen LogP contribution in [0.5, 0.6) is 0 Å². The molecular weight excluding hydrogens is 594 g/mol. The van der Waals surface area contributed by atoms with E-state index in [4.69, 9.17) is 15.6 Å². The van der Waals surface area contributed by atoms with Crippen LogP contribution >= 0.6 is 0 Å². The van der Waals surface area contributed by atoms with Crippen molar-refractivity contribution in [2.45, 2.75) is 48.2 Å². The number of nitrogens with one attached hydrogen (secondary N) is 5. The number of fused-ring (bicyclic) bond motifs is 1. The fraction of sp³-hybridized carbons (Fsp3) is 0.542. The number of halogens is 6. The van der Waals surface area contributed by atoms with Crippen molar-refractivity contribution in [1.29, 1.82) is 10.8 Å². The summed E-state index contributed by atoms with van der Waals surface area (Å²) in [7, 11) is 1.44. The van der Waals surface area contributed by atoms with Crippen LogP contribution in [-0.2, 0) is 21.9 Å². The Morgan fingerprint density at radius 2 is 1.84 bits per heavy atom. The zero-order valence-corrected chi connectivity index (χ0v) is 22.1. The van der Waals surface area contributed by atoms with Gasteiger partial charge in [-0.25, -0.2) is 9.59 Å². The van der Waals surface area contributed by atoms with Crippen LogP contribution in [0, 0.1) is 16.7 Å². The fourth-order valence-corrected chi connectivity index (χ4v) is 6.63. The molecule has 1 aromatic rings. The molecule has 0 aromatic heterocycles. The highest BCUT2D eigenvalue weighted by molar-refractivity contribution is 6.02. The number of amides is 3. The second kappa shape index (κ2) is 8.87. The van der Waals surface area contributed by atoms with Crippen molar-refractivity contribution < 1.29 is 50.6 Å².